The lowest BCUT2D eigenvalue weighted by Gasteiger charge is -2.20. The van der Waals surface area contributed by atoms with Crippen molar-refractivity contribution in [1.29, 1.82) is 0 Å². The van der Waals surface area contributed by atoms with E-state index in [4.69, 9.17) is 21.1 Å². The average Bonchev–Trinajstić information content (AvgIpc) is 3.02. The van der Waals surface area contributed by atoms with E-state index < -0.39 is 0 Å². The Kier molecular flexibility index (Phi) is 5.03. The minimum absolute atomic E-state index is 0.000949. The molecule has 1 saturated heterocycles. The summed E-state index contributed by atoms with van der Waals surface area (Å²) >= 11 is 6.00. The number of amides is 2. The van der Waals surface area contributed by atoms with Crippen LogP contribution in [-0.2, 0) is 20.9 Å². The maximum Gasteiger partial charge on any atom is 0.260 e. The van der Waals surface area contributed by atoms with Gasteiger partial charge >= 0.3 is 0 Å². The molecular formula is C16H19ClN2O4. The number of nitrogens with zero attached hydrogens (tertiary/aromatic N) is 1. The van der Waals surface area contributed by atoms with E-state index in [2.05, 4.69) is 5.32 Å². The number of ether oxygens (including phenoxy) is 2. The van der Waals surface area contributed by atoms with Gasteiger partial charge in [0.15, 0.2) is 6.61 Å². The molecule has 2 aliphatic rings. The summed E-state index contributed by atoms with van der Waals surface area (Å²) in [7, 11) is 0. The van der Waals surface area contributed by atoms with Crippen LogP contribution >= 0.6 is 11.6 Å². The SMILES string of the molecule is O=C(NCCN1Cc2cc(Cl)ccc2OCC1=O)[C@H]1CCOC1. The van der Waals surface area contributed by atoms with E-state index in [1.807, 2.05) is 0 Å². The third-order valence-corrected chi connectivity index (χ3v) is 4.30. The predicted octanol–water partition coefficient (Wildman–Crippen LogP) is 1.21. The molecule has 0 unspecified atom stereocenters. The molecule has 2 heterocycles. The van der Waals surface area contributed by atoms with Gasteiger partial charge in [-0.2, -0.15) is 0 Å². The van der Waals surface area contributed by atoms with Crippen molar-refractivity contribution >= 4 is 23.4 Å². The molecule has 23 heavy (non-hydrogen) atoms. The van der Waals surface area contributed by atoms with E-state index in [0.717, 1.165) is 12.0 Å². The predicted molar refractivity (Wildman–Crippen MR) is 84.3 cm³/mol. The second-order valence-corrected chi connectivity index (χ2v) is 6.14. The largest absolute Gasteiger partial charge is 0.483 e. The molecule has 124 valence electrons. The summed E-state index contributed by atoms with van der Waals surface area (Å²) in [6, 6.07) is 5.32. The van der Waals surface area contributed by atoms with Crippen molar-refractivity contribution < 1.29 is 19.1 Å². The summed E-state index contributed by atoms with van der Waals surface area (Å²) in [6.45, 7) is 2.40. The number of hydrogen-bond acceptors (Lipinski definition) is 4. The Morgan fingerprint density at radius 2 is 2.30 bits per heavy atom. The lowest BCUT2D eigenvalue weighted by Crippen LogP contribution is -2.40. The Bertz CT molecular complexity index is 602. The van der Waals surface area contributed by atoms with Crippen molar-refractivity contribution in [3.05, 3.63) is 28.8 Å². The first kappa shape index (κ1) is 16.1. The topological polar surface area (TPSA) is 67.9 Å². The molecule has 0 aromatic heterocycles. The van der Waals surface area contributed by atoms with E-state index in [0.29, 0.717) is 43.6 Å². The maximum atomic E-state index is 12.1. The van der Waals surface area contributed by atoms with Crippen LogP contribution in [0.5, 0.6) is 5.75 Å². The molecule has 0 bridgehead atoms. The number of hydrogen-bond donors (Lipinski definition) is 1. The highest BCUT2D eigenvalue weighted by Crippen LogP contribution is 2.26. The normalized spacial score (nSPS) is 20.7. The van der Waals surface area contributed by atoms with Crippen molar-refractivity contribution in [2.24, 2.45) is 5.92 Å². The van der Waals surface area contributed by atoms with E-state index in [1.54, 1.807) is 23.1 Å². The Hall–Kier alpha value is -1.79. The van der Waals surface area contributed by atoms with Crippen LogP contribution in [0.25, 0.3) is 0 Å². The highest BCUT2D eigenvalue weighted by atomic mass is 35.5. The minimum atomic E-state index is -0.101. The average molecular weight is 339 g/mol. The fourth-order valence-corrected chi connectivity index (χ4v) is 2.94. The van der Waals surface area contributed by atoms with Crippen LogP contribution in [-0.4, -0.2) is 49.6 Å². The molecule has 2 amide bonds. The Labute approximate surface area is 139 Å². The van der Waals surface area contributed by atoms with Crippen LogP contribution in [0.4, 0.5) is 0 Å². The van der Waals surface area contributed by atoms with Crippen molar-refractivity contribution in [1.82, 2.24) is 10.2 Å². The Morgan fingerprint density at radius 3 is 3.09 bits per heavy atom. The van der Waals surface area contributed by atoms with Crippen molar-refractivity contribution in [2.75, 3.05) is 32.9 Å². The molecule has 0 aliphatic carbocycles. The van der Waals surface area contributed by atoms with Crippen molar-refractivity contribution in [3.63, 3.8) is 0 Å². The number of nitrogens with one attached hydrogen (secondary N) is 1. The number of halogens is 1. The Balaban J connectivity index is 1.56. The van der Waals surface area contributed by atoms with Gasteiger partial charge in [0.1, 0.15) is 5.75 Å². The fraction of sp³-hybridized carbons (Fsp3) is 0.500. The standard InChI is InChI=1S/C16H19ClN2O4/c17-13-1-2-14-12(7-13)8-19(15(20)10-23-14)5-4-18-16(21)11-3-6-22-9-11/h1-2,7,11H,3-6,8-10H2,(H,18,21)/t11-/m0/s1. The lowest BCUT2D eigenvalue weighted by atomic mass is 10.1. The van der Waals surface area contributed by atoms with E-state index >= 15 is 0 Å². The van der Waals surface area contributed by atoms with Gasteiger partial charge in [-0.05, 0) is 24.6 Å². The molecule has 7 heteroatoms. The summed E-state index contributed by atoms with van der Waals surface area (Å²) < 4.78 is 10.7. The number of fused-ring (bicyclic) bond motifs is 1. The van der Waals surface area contributed by atoms with E-state index in [-0.39, 0.29) is 24.3 Å². The first-order valence-corrected chi connectivity index (χ1v) is 8.06. The number of carbonyl (C=O) groups is 2. The van der Waals surface area contributed by atoms with Crippen LogP contribution < -0.4 is 10.1 Å². The third kappa shape index (κ3) is 3.95. The molecule has 1 atom stereocenters. The van der Waals surface area contributed by atoms with Crippen LogP contribution in [0.15, 0.2) is 18.2 Å². The van der Waals surface area contributed by atoms with Gasteiger partial charge in [-0.15, -0.1) is 0 Å². The van der Waals surface area contributed by atoms with Gasteiger partial charge in [0.05, 0.1) is 12.5 Å². The minimum Gasteiger partial charge on any atom is -0.483 e. The molecule has 0 saturated carbocycles. The number of rotatable bonds is 4. The molecule has 6 nitrogen and oxygen atoms in total. The van der Waals surface area contributed by atoms with Gasteiger partial charge in [-0.25, -0.2) is 0 Å². The molecule has 1 aromatic rings. The molecule has 1 N–H and O–H groups in total. The smallest absolute Gasteiger partial charge is 0.260 e. The van der Waals surface area contributed by atoms with Crippen molar-refractivity contribution in [3.8, 4) is 5.75 Å². The first-order valence-electron chi connectivity index (χ1n) is 7.68. The summed E-state index contributed by atoms with van der Waals surface area (Å²) in [4.78, 5) is 25.8. The zero-order valence-corrected chi connectivity index (χ0v) is 13.5. The molecule has 3 rings (SSSR count). The van der Waals surface area contributed by atoms with Gasteiger partial charge in [0.25, 0.3) is 5.91 Å². The summed E-state index contributed by atoms with van der Waals surface area (Å²) in [5, 5.41) is 3.48. The van der Waals surface area contributed by atoms with Crippen LogP contribution in [0, 0.1) is 5.92 Å². The first-order chi connectivity index (χ1) is 11.1. The second kappa shape index (κ2) is 7.19. The van der Waals surface area contributed by atoms with Gasteiger partial charge in [-0.1, -0.05) is 11.6 Å². The van der Waals surface area contributed by atoms with Gasteiger partial charge in [-0.3, -0.25) is 9.59 Å². The van der Waals surface area contributed by atoms with Crippen LogP contribution in [0.3, 0.4) is 0 Å². The molecule has 1 aromatic carbocycles. The lowest BCUT2D eigenvalue weighted by molar-refractivity contribution is -0.133. The van der Waals surface area contributed by atoms with Crippen molar-refractivity contribution in [2.45, 2.75) is 13.0 Å². The van der Waals surface area contributed by atoms with Gasteiger partial charge < -0.3 is 19.7 Å². The summed E-state index contributed by atoms with van der Waals surface area (Å²) in [5.41, 5.74) is 0.874. The molecular weight excluding hydrogens is 320 g/mol. The van der Waals surface area contributed by atoms with Gasteiger partial charge in [0.2, 0.25) is 5.91 Å². The maximum absolute atomic E-state index is 12.1. The quantitative estimate of drug-likeness (QED) is 0.896. The molecule has 0 radical (unpaired) electrons. The second-order valence-electron chi connectivity index (χ2n) is 5.71. The third-order valence-electron chi connectivity index (χ3n) is 4.07. The number of benzene rings is 1. The fourth-order valence-electron chi connectivity index (χ4n) is 2.74. The number of carbonyl (C=O) groups excluding carboxylic acids is 2. The molecule has 0 spiro atoms. The molecule has 1 fully saturated rings. The highest BCUT2D eigenvalue weighted by Gasteiger charge is 2.24. The zero-order valence-electron chi connectivity index (χ0n) is 12.7. The Morgan fingerprint density at radius 1 is 1.43 bits per heavy atom. The van der Waals surface area contributed by atoms with Crippen LogP contribution in [0.2, 0.25) is 5.02 Å². The highest BCUT2D eigenvalue weighted by molar-refractivity contribution is 6.30. The van der Waals surface area contributed by atoms with E-state index in [1.165, 1.54) is 0 Å². The monoisotopic (exact) mass is 338 g/mol. The molecule has 2 aliphatic heterocycles. The van der Waals surface area contributed by atoms with Gasteiger partial charge in [0, 0.05) is 36.8 Å². The van der Waals surface area contributed by atoms with E-state index in [9.17, 15) is 9.59 Å². The van der Waals surface area contributed by atoms with Crippen LogP contribution in [0.1, 0.15) is 12.0 Å². The summed E-state index contributed by atoms with van der Waals surface area (Å²) in [5.74, 6) is 0.496. The zero-order chi connectivity index (χ0) is 16.2. The summed E-state index contributed by atoms with van der Waals surface area (Å²) in [6.07, 6.45) is 0.758.